The smallest absolute Gasteiger partial charge is 0.272 e. The maximum atomic E-state index is 12.2. The van der Waals surface area contributed by atoms with Crippen LogP contribution in [0.2, 0.25) is 0 Å². The lowest BCUT2D eigenvalue weighted by molar-refractivity contribution is 0.0765. The first kappa shape index (κ1) is 16.6. The van der Waals surface area contributed by atoms with Gasteiger partial charge in [-0.05, 0) is 29.8 Å². The first-order chi connectivity index (χ1) is 11.2. The van der Waals surface area contributed by atoms with Crippen molar-refractivity contribution in [3.8, 4) is 0 Å². The Morgan fingerprint density at radius 2 is 1.78 bits per heavy atom. The van der Waals surface area contributed by atoms with Crippen LogP contribution in [0.15, 0.2) is 64.8 Å². The predicted molar refractivity (Wildman–Crippen MR) is 88.3 cm³/mol. The van der Waals surface area contributed by atoms with Crippen molar-refractivity contribution < 1.29 is 13.5 Å². The Kier molecular flexibility index (Phi) is 6.23. The molecule has 0 aliphatic rings. The summed E-state index contributed by atoms with van der Waals surface area (Å²) >= 11 is 0. The summed E-state index contributed by atoms with van der Waals surface area (Å²) in [5.41, 5.74) is 2.63. The average Bonchev–Trinajstić information content (AvgIpc) is 2.58. The van der Waals surface area contributed by atoms with Gasteiger partial charge >= 0.3 is 0 Å². The van der Waals surface area contributed by atoms with E-state index in [0.717, 1.165) is 11.3 Å². The molecule has 1 N–H and O–H groups in total. The number of ether oxygens (including phenoxy) is 1. The summed E-state index contributed by atoms with van der Waals surface area (Å²) in [7, 11) is 0. The Labute approximate surface area is 133 Å². The molecule has 4 nitrogen and oxygen atoms in total. The van der Waals surface area contributed by atoms with Gasteiger partial charge in [0.25, 0.3) is 6.43 Å². The van der Waals surface area contributed by atoms with Crippen LogP contribution in [0, 0.1) is 0 Å². The molecule has 2 aromatic rings. The number of benzene rings is 2. The number of para-hydroxylation sites is 1. The third kappa shape index (κ3) is 5.50. The van der Waals surface area contributed by atoms with E-state index in [1.54, 1.807) is 12.1 Å². The van der Waals surface area contributed by atoms with Gasteiger partial charge in [-0.15, -0.1) is 5.10 Å². The minimum absolute atomic E-state index is 0.0304. The highest BCUT2D eigenvalue weighted by molar-refractivity contribution is 5.94. The highest BCUT2D eigenvalue weighted by Gasteiger charge is 2.09. The van der Waals surface area contributed by atoms with Gasteiger partial charge in [0.2, 0.25) is 5.90 Å². The molecule has 0 atom stereocenters. The van der Waals surface area contributed by atoms with Crippen molar-refractivity contribution >= 4 is 18.3 Å². The van der Waals surface area contributed by atoms with Crippen LogP contribution >= 0.6 is 0 Å². The maximum Gasteiger partial charge on any atom is 0.272 e. The van der Waals surface area contributed by atoms with Crippen molar-refractivity contribution in [3.63, 3.8) is 0 Å². The molecular weight excluding hydrogens is 300 g/mol. The third-order valence-electron chi connectivity index (χ3n) is 2.98. The molecule has 0 spiro atoms. The van der Waals surface area contributed by atoms with Crippen LogP contribution in [0.5, 0.6) is 0 Å². The standard InChI is InChI=1S/C17H17F2N3O/c1-20-22-17(23-12-16(18)19)14-9-7-13(8-10-14)11-21-15-5-3-2-4-6-15/h2-10,16,21H,1,11-12H2/b22-17-. The minimum atomic E-state index is -2.57. The van der Waals surface area contributed by atoms with Crippen LogP contribution in [0.1, 0.15) is 11.1 Å². The fraction of sp³-hybridized carbons (Fsp3) is 0.176. The van der Waals surface area contributed by atoms with Gasteiger partial charge in [0, 0.05) is 24.5 Å². The highest BCUT2D eigenvalue weighted by Crippen LogP contribution is 2.11. The zero-order chi connectivity index (χ0) is 16.5. The first-order valence-corrected chi connectivity index (χ1v) is 7.02. The molecule has 120 valence electrons. The molecule has 0 fully saturated rings. The Hall–Kier alpha value is -2.76. The number of rotatable bonds is 7. The summed E-state index contributed by atoms with van der Waals surface area (Å²) in [6.07, 6.45) is -2.57. The molecule has 0 aliphatic heterocycles. The van der Waals surface area contributed by atoms with Gasteiger partial charge in [0.1, 0.15) is 0 Å². The van der Waals surface area contributed by atoms with Crippen molar-refractivity contribution in [2.45, 2.75) is 13.0 Å². The minimum Gasteiger partial charge on any atom is -0.470 e. The number of nitrogens with zero attached hydrogens (tertiary/aromatic N) is 2. The molecule has 0 unspecified atom stereocenters. The zero-order valence-corrected chi connectivity index (χ0v) is 12.5. The van der Waals surface area contributed by atoms with Crippen LogP contribution in [-0.4, -0.2) is 25.6 Å². The molecule has 0 bridgehead atoms. The van der Waals surface area contributed by atoms with Crippen LogP contribution in [0.4, 0.5) is 14.5 Å². The summed E-state index contributed by atoms with van der Waals surface area (Å²) in [4.78, 5) is 0. The van der Waals surface area contributed by atoms with E-state index in [1.165, 1.54) is 0 Å². The Morgan fingerprint density at radius 1 is 1.09 bits per heavy atom. The molecule has 0 radical (unpaired) electrons. The number of anilines is 1. The monoisotopic (exact) mass is 317 g/mol. The molecule has 2 rings (SSSR count). The van der Waals surface area contributed by atoms with E-state index in [9.17, 15) is 8.78 Å². The third-order valence-corrected chi connectivity index (χ3v) is 2.98. The van der Waals surface area contributed by atoms with Crippen molar-refractivity contribution in [1.29, 1.82) is 0 Å². The summed E-state index contributed by atoms with van der Waals surface area (Å²) < 4.78 is 29.4. The van der Waals surface area contributed by atoms with E-state index in [1.807, 2.05) is 42.5 Å². The van der Waals surface area contributed by atoms with Gasteiger partial charge in [-0.1, -0.05) is 30.3 Å². The van der Waals surface area contributed by atoms with Crippen LogP contribution in [0.3, 0.4) is 0 Å². The number of hydrogen-bond donors (Lipinski definition) is 1. The van der Waals surface area contributed by atoms with Crippen molar-refractivity contribution in [1.82, 2.24) is 0 Å². The first-order valence-electron chi connectivity index (χ1n) is 7.02. The molecule has 0 amide bonds. The Bertz CT molecular complexity index is 643. The molecule has 0 saturated carbocycles. The second-order valence-corrected chi connectivity index (χ2v) is 4.67. The van der Waals surface area contributed by atoms with Gasteiger partial charge in [-0.25, -0.2) is 8.78 Å². The lowest BCUT2D eigenvalue weighted by Crippen LogP contribution is -2.12. The van der Waals surface area contributed by atoms with E-state index in [0.29, 0.717) is 12.1 Å². The van der Waals surface area contributed by atoms with Crippen LogP contribution < -0.4 is 5.32 Å². The second-order valence-electron chi connectivity index (χ2n) is 4.67. The lowest BCUT2D eigenvalue weighted by atomic mass is 10.1. The number of nitrogens with one attached hydrogen (secondary N) is 1. The highest BCUT2D eigenvalue weighted by atomic mass is 19.3. The van der Waals surface area contributed by atoms with Gasteiger partial charge in [0.15, 0.2) is 6.61 Å². The van der Waals surface area contributed by atoms with E-state index in [-0.39, 0.29) is 5.90 Å². The molecule has 23 heavy (non-hydrogen) atoms. The number of halogens is 2. The molecule has 0 heterocycles. The quantitative estimate of drug-likeness (QED) is 0.477. The summed E-state index contributed by atoms with van der Waals surface area (Å²) in [5, 5.41) is 10.3. The molecule has 0 aliphatic carbocycles. The van der Waals surface area contributed by atoms with Gasteiger partial charge in [-0.3, -0.25) is 0 Å². The average molecular weight is 317 g/mol. The van der Waals surface area contributed by atoms with Gasteiger partial charge < -0.3 is 10.1 Å². The van der Waals surface area contributed by atoms with Crippen molar-refractivity contribution in [2.24, 2.45) is 10.2 Å². The SMILES string of the molecule is C=N/N=C(\OCC(F)F)c1ccc(CNc2ccccc2)cc1. The summed E-state index contributed by atoms with van der Waals surface area (Å²) in [6, 6.07) is 17.1. The topological polar surface area (TPSA) is 46.0 Å². The molecule has 6 heteroatoms. The fourth-order valence-electron chi connectivity index (χ4n) is 1.90. The van der Waals surface area contributed by atoms with E-state index in [2.05, 4.69) is 22.2 Å². The molecule has 0 aromatic heterocycles. The van der Waals surface area contributed by atoms with E-state index >= 15 is 0 Å². The Balaban J connectivity index is 1.99. The number of alkyl halides is 2. The van der Waals surface area contributed by atoms with E-state index < -0.39 is 13.0 Å². The maximum absolute atomic E-state index is 12.2. The molecular formula is C17H17F2N3O. The molecule has 2 aromatic carbocycles. The normalized spacial score (nSPS) is 11.3. The predicted octanol–water partition coefficient (Wildman–Crippen LogP) is 3.94. The Morgan fingerprint density at radius 3 is 2.39 bits per heavy atom. The van der Waals surface area contributed by atoms with Crippen molar-refractivity contribution in [2.75, 3.05) is 11.9 Å². The second kappa shape index (κ2) is 8.63. The molecule has 0 saturated heterocycles. The summed E-state index contributed by atoms with van der Waals surface area (Å²) in [5.74, 6) is 0.0304. The lowest BCUT2D eigenvalue weighted by Gasteiger charge is -2.09. The van der Waals surface area contributed by atoms with Gasteiger partial charge in [-0.2, -0.15) is 5.10 Å². The van der Waals surface area contributed by atoms with Crippen LogP contribution in [-0.2, 0) is 11.3 Å². The fourth-order valence-corrected chi connectivity index (χ4v) is 1.90. The number of hydrogen-bond acceptors (Lipinski definition) is 4. The van der Waals surface area contributed by atoms with Crippen molar-refractivity contribution in [3.05, 3.63) is 65.7 Å². The van der Waals surface area contributed by atoms with E-state index in [4.69, 9.17) is 4.74 Å². The largest absolute Gasteiger partial charge is 0.470 e. The van der Waals surface area contributed by atoms with Crippen LogP contribution in [0.25, 0.3) is 0 Å². The summed E-state index contributed by atoms with van der Waals surface area (Å²) in [6.45, 7) is 3.14. The zero-order valence-electron chi connectivity index (χ0n) is 12.5. The van der Waals surface area contributed by atoms with Gasteiger partial charge in [0.05, 0.1) is 0 Å².